The second-order valence-electron chi connectivity index (χ2n) is 5.63. The fraction of sp³-hybridized carbons (Fsp3) is 0.600. The van der Waals surface area contributed by atoms with E-state index in [9.17, 15) is 22.8 Å². The molecule has 8 heteroatoms. The Morgan fingerprint density at radius 3 is 1.57 bits per heavy atom. The largest absolute Gasteiger partial charge is 0.462 e. The lowest BCUT2D eigenvalue weighted by atomic mass is 9.94. The maximum Gasteiger partial charge on any atom is 0.411 e. The van der Waals surface area contributed by atoms with Crippen LogP contribution in [0.15, 0.2) is 24.3 Å². The normalized spacial score (nSPS) is 11.7. The highest BCUT2D eigenvalue weighted by Gasteiger charge is 2.33. The van der Waals surface area contributed by atoms with Crippen molar-refractivity contribution >= 4 is 11.9 Å². The van der Waals surface area contributed by atoms with Gasteiger partial charge in [0.25, 0.3) is 0 Å². The predicted octanol–water partition coefficient (Wildman–Crippen LogP) is 2.81. The van der Waals surface area contributed by atoms with Crippen LogP contribution >= 0.6 is 0 Å². The fourth-order valence-corrected chi connectivity index (χ4v) is 1.26. The maximum absolute atomic E-state index is 12.2. The molecule has 5 nitrogen and oxygen atoms in total. The van der Waals surface area contributed by atoms with Gasteiger partial charge in [0.2, 0.25) is 0 Å². The van der Waals surface area contributed by atoms with Crippen LogP contribution in [0.3, 0.4) is 0 Å². The zero-order valence-corrected chi connectivity index (χ0v) is 13.4. The van der Waals surface area contributed by atoms with Crippen LogP contribution in [0.4, 0.5) is 13.2 Å². The predicted molar refractivity (Wildman–Crippen MR) is 76.5 cm³/mol. The van der Waals surface area contributed by atoms with Crippen LogP contribution in [-0.4, -0.2) is 44.5 Å². The van der Waals surface area contributed by atoms with E-state index in [0.717, 1.165) is 0 Å². The molecule has 0 amide bonds. The number of esters is 2. The minimum Gasteiger partial charge on any atom is -0.462 e. The van der Waals surface area contributed by atoms with E-state index < -0.39 is 36.7 Å². The summed E-state index contributed by atoms with van der Waals surface area (Å²) in [6.07, 6.45) is -4.48. The Morgan fingerprint density at radius 1 is 0.870 bits per heavy atom. The van der Waals surface area contributed by atoms with Gasteiger partial charge >= 0.3 is 18.1 Å². The number of alkyl halides is 3. The van der Waals surface area contributed by atoms with E-state index in [0.29, 0.717) is 0 Å². The molecular weight excluding hydrogens is 317 g/mol. The summed E-state index contributed by atoms with van der Waals surface area (Å²) in [5, 5.41) is 0. The molecule has 0 rings (SSSR count). The van der Waals surface area contributed by atoms with Crippen LogP contribution in [0.25, 0.3) is 0 Å². The molecule has 0 bridgehead atoms. The molecule has 0 fully saturated rings. The average molecular weight is 338 g/mol. The van der Waals surface area contributed by atoms with E-state index in [1.54, 1.807) is 0 Å². The molecule has 0 radical (unpaired) electrons. The van der Waals surface area contributed by atoms with E-state index in [4.69, 9.17) is 9.47 Å². The first-order valence-electron chi connectivity index (χ1n) is 6.66. The SMILES string of the molecule is C=C(C)C(=O)OCC(C)(COCC(F)(F)F)COC(=O)C(=C)C. The first kappa shape index (κ1) is 21.2. The molecule has 0 spiro atoms. The summed E-state index contributed by atoms with van der Waals surface area (Å²) >= 11 is 0. The van der Waals surface area contributed by atoms with Gasteiger partial charge < -0.3 is 14.2 Å². The van der Waals surface area contributed by atoms with E-state index in [2.05, 4.69) is 17.9 Å². The third-order valence-corrected chi connectivity index (χ3v) is 2.52. The van der Waals surface area contributed by atoms with Crippen LogP contribution in [0.5, 0.6) is 0 Å². The van der Waals surface area contributed by atoms with Crippen LogP contribution in [-0.2, 0) is 23.8 Å². The third kappa shape index (κ3) is 9.72. The highest BCUT2D eigenvalue weighted by Crippen LogP contribution is 2.22. The van der Waals surface area contributed by atoms with Crippen LogP contribution in [0, 0.1) is 5.41 Å². The molecule has 0 N–H and O–H groups in total. The summed E-state index contributed by atoms with van der Waals surface area (Å²) in [5.41, 5.74) is -0.855. The molecule has 0 aliphatic carbocycles. The molecule has 0 atom stereocenters. The Labute approximate surface area is 133 Å². The Hall–Kier alpha value is -1.83. The van der Waals surface area contributed by atoms with Gasteiger partial charge in [-0.3, -0.25) is 0 Å². The van der Waals surface area contributed by atoms with Crippen LogP contribution < -0.4 is 0 Å². The smallest absolute Gasteiger partial charge is 0.411 e. The molecular formula is C15H21F3O5. The van der Waals surface area contributed by atoms with Gasteiger partial charge in [-0.1, -0.05) is 20.1 Å². The van der Waals surface area contributed by atoms with Crippen molar-refractivity contribution in [1.29, 1.82) is 0 Å². The van der Waals surface area contributed by atoms with Gasteiger partial charge in [-0.25, -0.2) is 9.59 Å². The zero-order valence-electron chi connectivity index (χ0n) is 13.4. The van der Waals surface area contributed by atoms with Gasteiger partial charge in [0.15, 0.2) is 0 Å². The lowest BCUT2D eigenvalue weighted by Crippen LogP contribution is -2.37. The monoisotopic (exact) mass is 338 g/mol. The topological polar surface area (TPSA) is 61.8 Å². The zero-order chi connectivity index (χ0) is 18.3. The molecule has 0 heterocycles. The summed E-state index contributed by atoms with van der Waals surface area (Å²) in [4.78, 5) is 22.8. The number of ether oxygens (including phenoxy) is 3. The first-order chi connectivity index (χ1) is 10.4. The van der Waals surface area contributed by atoms with Crippen molar-refractivity contribution in [2.75, 3.05) is 26.4 Å². The highest BCUT2D eigenvalue weighted by molar-refractivity contribution is 5.87. The number of carbonyl (C=O) groups excluding carboxylic acids is 2. The van der Waals surface area contributed by atoms with E-state index in [1.165, 1.54) is 20.8 Å². The van der Waals surface area contributed by atoms with E-state index >= 15 is 0 Å². The summed E-state index contributed by atoms with van der Waals surface area (Å²) in [6, 6.07) is 0. The molecule has 23 heavy (non-hydrogen) atoms. The fourth-order valence-electron chi connectivity index (χ4n) is 1.26. The minimum absolute atomic E-state index is 0.141. The number of carbonyl (C=O) groups is 2. The molecule has 0 aliphatic rings. The van der Waals surface area contributed by atoms with Crippen LogP contribution in [0.1, 0.15) is 20.8 Å². The van der Waals surface area contributed by atoms with E-state index in [-0.39, 0.29) is 24.4 Å². The van der Waals surface area contributed by atoms with Gasteiger partial charge in [0.1, 0.15) is 19.8 Å². The standard InChI is InChI=1S/C15H21F3O5/c1-10(2)12(19)22-7-14(5,6-21-9-15(16,17)18)8-23-13(20)11(3)4/h1,3,6-9H2,2,4-5H3. The lowest BCUT2D eigenvalue weighted by molar-refractivity contribution is -0.187. The van der Waals surface area contributed by atoms with E-state index in [1.807, 2.05) is 0 Å². The van der Waals surface area contributed by atoms with Gasteiger partial charge in [0.05, 0.1) is 12.0 Å². The van der Waals surface area contributed by atoms with Gasteiger partial charge in [0, 0.05) is 11.1 Å². The molecule has 0 unspecified atom stereocenters. The van der Waals surface area contributed by atoms with Crippen molar-refractivity contribution in [1.82, 2.24) is 0 Å². The molecule has 132 valence electrons. The highest BCUT2D eigenvalue weighted by atomic mass is 19.4. The molecule has 0 saturated heterocycles. The Kier molecular flexibility index (Phi) is 8.02. The van der Waals surface area contributed by atoms with Gasteiger partial charge in [-0.15, -0.1) is 0 Å². The molecule has 0 aliphatic heterocycles. The van der Waals surface area contributed by atoms with Crippen molar-refractivity contribution in [3.05, 3.63) is 24.3 Å². The molecule has 0 aromatic heterocycles. The Morgan fingerprint density at radius 2 is 1.26 bits per heavy atom. The molecule has 0 aromatic rings. The number of rotatable bonds is 9. The number of hydrogen-bond donors (Lipinski definition) is 0. The minimum atomic E-state index is -4.48. The molecule has 0 saturated carbocycles. The van der Waals surface area contributed by atoms with Crippen molar-refractivity contribution in [2.45, 2.75) is 26.9 Å². The van der Waals surface area contributed by atoms with Crippen molar-refractivity contribution < 1.29 is 37.0 Å². The summed E-state index contributed by atoms with van der Waals surface area (Å²) in [7, 11) is 0. The lowest BCUT2D eigenvalue weighted by Gasteiger charge is -2.28. The van der Waals surface area contributed by atoms with Crippen molar-refractivity contribution in [3.63, 3.8) is 0 Å². The average Bonchev–Trinajstić information content (AvgIpc) is 2.40. The second-order valence-corrected chi connectivity index (χ2v) is 5.63. The summed E-state index contributed by atoms with van der Waals surface area (Å²) in [5.74, 6) is -1.39. The summed E-state index contributed by atoms with van der Waals surface area (Å²) < 4.78 is 50.9. The number of halogens is 3. The second kappa shape index (κ2) is 8.71. The number of hydrogen-bond acceptors (Lipinski definition) is 5. The van der Waals surface area contributed by atoms with Crippen molar-refractivity contribution in [2.24, 2.45) is 5.41 Å². The quantitative estimate of drug-likeness (QED) is 0.478. The van der Waals surface area contributed by atoms with Gasteiger partial charge in [-0.2, -0.15) is 13.2 Å². The third-order valence-electron chi connectivity index (χ3n) is 2.52. The van der Waals surface area contributed by atoms with Crippen molar-refractivity contribution in [3.8, 4) is 0 Å². The maximum atomic E-state index is 12.2. The van der Waals surface area contributed by atoms with Gasteiger partial charge in [-0.05, 0) is 13.8 Å². The Balaban J connectivity index is 4.74. The Bertz CT molecular complexity index is 438. The first-order valence-corrected chi connectivity index (χ1v) is 6.66. The van der Waals surface area contributed by atoms with Crippen LogP contribution in [0.2, 0.25) is 0 Å². The summed E-state index contributed by atoms with van der Waals surface area (Å²) in [6.45, 7) is 8.67. The molecule has 0 aromatic carbocycles.